The molecule has 0 aromatic heterocycles. The zero-order chi connectivity index (χ0) is 20.1. The predicted molar refractivity (Wildman–Crippen MR) is 105 cm³/mol. The van der Waals surface area contributed by atoms with Crippen molar-refractivity contribution in [3.63, 3.8) is 0 Å². The minimum absolute atomic E-state index is 0.236. The molecule has 154 valence electrons. The van der Waals surface area contributed by atoms with Crippen LogP contribution in [0.3, 0.4) is 0 Å². The van der Waals surface area contributed by atoms with Crippen LogP contribution in [0.25, 0.3) is 0 Å². The van der Waals surface area contributed by atoms with Crippen molar-refractivity contribution in [1.82, 2.24) is 4.90 Å². The highest BCUT2D eigenvalue weighted by Gasteiger charge is 2.29. The summed E-state index contributed by atoms with van der Waals surface area (Å²) in [6.45, 7) is 5.26. The standard InChI is InChI=1S/C19H27FN4O4/c1-2-28-19(25)23-11-9-22(10-12-23)17-14-16(15(20)13-18(17)24(26)27)21-7-5-3-4-6-8-21/h13-14H,2-12H2,1H3. The molecule has 0 unspecified atom stereocenters. The molecule has 2 saturated heterocycles. The van der Waals surface area contributed by atoms with Crippen molar-refractivity contribution in [3.8, 4) is 0 Å². The largest absolute Gasteiger partial charge is 0.450 e. The van der Waals surface area contributed by atoms with Gasteiger partial charge in [0.1, 0.15) is 5.69 Å². The molecule has 0 N–H and O–H groups in total. The Bertz CT molecular complexity index is 714. The van der Waals surface area contributed by atoms with Crippen LogP contribution in [0.5, 0.6) is 0 Å². The van der Waals surface area contributed by atoms with E-state index in [1.165, 1.54) is 0 Å². The zero-order valence-electron chi connectivity index (χ0n) is 16.2. The minimum atomic E-state index is -0.553. The summed E-state index contributed by atoms with van der Waals surface area (Å²) < 4.78 is 19.7. The SMILES string of the molecule is CCOC(=O)N1CCN(c2cc(N3CCCCCC3)c(F)cc2[N+](=O)[O-])CC1. The molecule has 0 radical (unpaired) electrons. The second kappa shape index (κ2) is 9.07. The number of hydrogen-bond acceptors (Lipinski definition) is 6. The predicted octanol–water partition coefficient (Wildman–Crippen LogP) is 3.39. The van der Waals surface area contributed by atoms with Gasteiger partial charge in [-0.1, -0.05) is 12.8 Å². The number of halogens is 1. The van der Waals surface area contributed by atoms with Gasteiger partial charge in [-0.2, -0.15) is 0 Å². The van der Waals surface area contributed by atoms with E-state index in [-0.39, 0.29) is 11.8 Å². The normalized spacial score (nSPS) is 18.0. The summed E-state index contributed by atoms with van der Waals surface area (Å²) in [6.07, 6.45) is 3.84. The molecule has 2 aliphatic rings. The van der Waals surface area contributed by atoms with Crippen molar-refractivity contribution in [1.29, 1.82) is 0 Å². The highest BCUT2D eigenvalue weighted by Crippen LogP contribution is 2.36. The summed E-state index contributed by atoms with van der Waals surface area (Å²) in [4.78, 5) is 28.3. The third-order valence-corrected chi connectivity index (χ3v) is 5.33. The highest BCUT2D eigenvalue weighted by atomic mass is 19.1. The lowest BCUT2D eigenvalue weighted by Crippen LogP contribution is -2.49. The van der Waals surface area contributed by atoms with Crippen LogP contribution >= 0.6 is 0 Å². The first kappa shape index (κ1) is 20.2. The topological polar surface area (TPSA) is 79.2 Å². The maximum absolute atomic E-state index is 14.7. The lowest BCUT2D eigenvalue weighted by Gasteiger charge is -2.35. The molecular formula is C19H27FN4O4. The molecule has 1 aromatic rings. The maximum atomic E-state index is 14.7. The minimum Gasteiger partial charge on any atom is -0.450 e. The van der Waals surface area contributed by atoms with E-state index >= 15 is 0 Å². The number of nitro groups is 1. The van der Waals surface area contributed by atoms with Gasteiger partial charge in [0.15, 0.2) is 5.82 Å². The zero-order valence-corrected chi connectivity index (χ0v) is 16.2. The Balaban J connectivity index is 1.84. The van der Waals surface area contributed by atoms with Crippen LogP contribution in [0, 0.1) is 15.9 Å². The number of nitrogens with zero attached hydrogens (tertiary/aromatic N) is 4. The number of nitro benzene ring substituents is 1. The molecule has 0 bridgehead atoms. The fraction of sp³-hybridized carbons (Fsp3) is 0.632. The molecule has 0 spiro atoms. The quantitative estimate of drug-likeness (QED) is 0.575. The van der Waals surface area contributed by atoms with E-state index in [1.54, 1.807) is 17.9 Å². The van der Waals surface area contributed by atoms with Crippen LogP contribution < -0.4 is 9.80 Å². The van der Waals surface area contributed by atoms with E-state index in [0.717, 1.165) is 44.8 Å². The molecule has 1 amide bonds. The van der Waals surface area contributed by atoms with Gasteiger partial charge in [-0.25, -0.2) is 9.18 Å². The average molecular weight is 394 g/mol. The number of carbonyl (C=O) groups is 1. The van der Waals surface area contributed by atoms with E-state index in [9.17, 15) is 19.3 Å². The smallest absolute Gasteiger partial charge is 0.409 e. The summed E-state index contributed by atoms with van der Waals surface area (Å²) in [7, 11) is 0. The maximum Gasteiger partial charge on any atom is 0.409 e. The van der Waals surface area contributed by atoms with Crippen LogP contribution in [-0.2, 0) is 4.74 Å². The Morgan fingerprint density at radius 3 is 2.21 bits per heavy atom. The monoisotopic (exact) mass is 394 g/mol. The third-order valence-electron chi connectivity index (χ3n) is 5.33. The van der Waals surface area contributed by atoms with E-state index in [0.29, 0.717) is 44.2 Å². The van der Waals surface area contributed by atoms with Crippen LogP contribution in [0.2, 0.25) is 0 Å². The molecule has 1 aromatic carbocycles. The summed E-state index contributed by atoms with van der Waals surface area (Å²) in [5, 5.41) is 11.5. The van der Waals surface area contributed by atoms with Gasteiger partial charge in [0.2, 0.25) is 0 Å². The van der Waals surface area contributed by atoms with Crippen LogP contribution in [0.15, 0.2) is 12.1 Å². The number of carbonyl (C=O) groups excluding carboxylic acids is 1. The second-order valence-electron chi connectivity index (χ2n) is 7.12. The molecule has 2 fully saturated rings. The molecule has 0 aliphatic carbocycles. The lowest BCUT2D eigenvalue weighted by molar-refractivity contribution is -0.384. The Hall–Kier alpha value is -2.58. The second-order valence-corrected chi connectivity index (χ2v) is 7.12. The number of piperazine rings is 1. The van der Waals surface area contributed by atoms with Gasteiger partial charge in [-0.3, -0.25) is 10.1 Å². The molecule has 2 heterocycles. The molecule has 0 atom stereocenters. The van der Waals surface area contributed by atoms with Crippen molar-refractivity contribution < 1.29 is 18.8 Å². The van der Waals surface area contributed by atoms with Gasteiger partial charge in [0.25, 0.3) is 5.69 Å². The number of hydrogen-bond donors (Lipinski definition) is 0. The summed E-state index contributed by atoms with van der Waals surface area (Å²) in [5.74, 6) is -0.553. The number of amides is 1. The molecule has 28 heavy (non-hydrogen) atoms. The van der Waals surface area contributed by atoms with Gasteiger partial charge < -0.3 is 19.4 Å². The molecule has 0 saturated carbocycles. The van der Waals surface area contributed by atoms with Crippen LogP contribution in [-0.4, -0.2) is 61.8 Å². The van der Waals surface area contributed by atoms with Crippen LogP contribution in [0.1, 0.15) is 32.6 Å². The Morgan fingerprint density at radius 2 is 1.64 bits per heavy atom. The lowest BCUT2D eigenvalue weighted by atomic mass is 10.1. The number of anilines is 2. The number of ether oxygens (including phenoxy) is 1. The van der Waals surface area contributed by atoms with Gasteiger partial charge in [0.05, 0.1) is 23.3 Å². The van der Waals surface area contributed by atoms with E-state index < -0.39 is 10.7 Å². The molecular weight excluding hydrogens is 367 g/mol. The summed E-state index contributed by atoms with van der Waals surface area (Å²) in [6, 6.07) is 2.64. The van der Waals surface area contributed by atoms with E-state index in [1.807, 2.05) is 9.80 Å². The number of rotatable bonds is 4. The number of benzene rings is 1. The van der Waals surface area contributed by atoms with Crippen molar-refractivity contribution in [2.45, 2.75) is 32.6 Å². The fourth-order valence-corrected chi connectivity index (χ4v) is 3.84. The Kier molecular flexibility index (Phi) is 6.53. The van der Waals surface area contributed by atoms with Gasteiger partial charge in [-0.15, -0.1) is 0 Å². The van der Waals surface area contributed by atoms with Gasteiger partial charge in [-0.05, 0) is 25.8 Å². The molecule has 8 nitrogen and oxygen atoms in total. The summed E-state index contributed by atoms with van der Waals surface area (Å²) >= 11 is 0. The third kappa shape index (κ3) is 4.45. The average Bonchev–Trinajstić information content (AvgIpc) is 2.97. The van der Waals surface area contributed by atoms with Crippen molar-refractivity contribution >= 4 is 23.2 Å². The summed E-state index contributed by atoms with van der Waals surface area (Å²) in [5.41, 5.74) is 0.602. The Morgan fingerprint density at radius 1 is 1.04 bits per heavy atom. The van der Waals surface area contributed by atoms with Crippen LogP contribution in [0.4, 0.5) is 26.2 Å². The van der Waals surface area contributed by atoms with Gasteiger partial charge >= 0.3 is 6.09 Å². The van der Waals surface area contributed by atoms with Crippen molar-refractivity contribution in [3.05, 3.63) is 28.1 Å². The fourth-order valence-electron chi connectivity index (χ4n) is 3.84. The molecule has 3 rings (SSSR count). The Labute approximate surface area is 164 Å². The van der Waals surface area contributed by atoms with Crippen molar-refractivity contribution in [2.75, 3.05) is 55.7 Å². The highest BCUT2D eigenvalue weighted by molar-refractivity contribution is 5.72. The van der Waals surface area contributed by atoms with E-state index in [4.69, 9.17) is 4.74 Å². The van der Waals surface area contributed by atoms with Gasteiger partial charge in [0, 0.05) is 39.3 Å². The molecule has 9 heteroatoms. The molecule has 2 aliphatic heterocycles. The first-order valence-electron chi connectivity index (χ1n) is 9.90. The first-order chi connectivity index (χ1) is 13.5. The first-order valence-corrected chi connectivity index (χ1v) is 9.90. The van der Waals surface area contributed by atoms with E-state index in [2.05, 4.69) is 0 Å². The van der Waals surface area contributed by atoms with Crippen molar-refractivity contribution in [2.24, 2.45) is 0 Å².